The molecule has 0 aromatic heterocycles. The van der Waals surface area contributed by atoms with Crippen LogP contribution in [0.4, 0.5) is 5.69 Å². The van der Waals surface area contributed by atoms with Gasteiger partial charge in [-0.15, -0.1) is 0 Å². The number of unbranched alkanes of at least 4 members (excludes halogenated alkanes) is 3. The zero-order chi connectivity index (χ0) is 22.0. The fourth-order valence-corrected chi connectivity index (χ4v) is 3.47. The van der Waals surface area contributed by atoms with Gasteiger partial charge in [0.05, 0.1) is 0 Å². The lowest BCUT2D eigenvalue weighted by atomic mass is 9.90. The molecule has 7 nitrogen and oxygen atoms in total. The molecule has 2 rings (SSSR count). The van der Waals surface area contributed by atoms with Crippen LogP contribution in [0, 0.1) is 0 Å². The number of guanidine groups is 1. The van der Waals surface area contributed by atoms with E-state index in [1.165, 1.54) is 0 Å². The summed E-state index contributed by atoms with van der Waals surface area (Å²) in [4.78, 5) is 27.9. The van der Waals surface area contributed by atoms with Crippen LogP contribution in [0.25, 0.3) is 0 Å². The quantitative estimate of drug-likeness (QED) is 0.248. The zero-order valence-electron chi connectivity index (χ0n) is 18.7. The first-order valence-corrected chi connectivity index (χ1v) is 10.8. The second-order valence-corrected chi connectivity index (χ2v) is 8.67. The lowest BCUT2D eigenvalue weighted by Gasteiger charge is -2.26. The molecular formula is C23H36N4O3. The fourth-order valence-electron chi connectivity index (χ4n) is 3.47. The molecule has 0 bridgehead atoms. The summed E-state index contributed by atoms with van der Waals surface area (Å²) in [7, 11) is 1.75. The average Bonchev–Trinajstić information content (AvgIpc) is 2.67. The van der Waals surface area contributed by atoms with Crippen LogP contribution in [0.2, 0.25) is 0 Å². The largest absolute Gasteiger partial charge is 0.460 e. The molecule has 0 fully saturated rings. The molecule has 30 heavy (non-hydrogen) atoms. The maximum absolute atomic E-state index is 11.9. The van der Waals surface area contributed by atoms with Crippen LogP contribution in [0.5, 0.6) is 0 Å². The Labute approximate surface area is 180 Å². The van der Waals surface area contributed by atoms with Crippen LogP contribution >= 0.6 is 0 Å². The van der Waals surface area contributed by atoms with Gasteiger partial charge in [-0.25, -0.2) is 0 Å². The molecule has 0 radical (unpaired) electrons. The highest BCUT2D eigenvalue weighted by Crippen LogP contribution is 2.31. The lowest BCUT2D eigenvalue weighted by Crippen LogP contribution is -2.41. The number of para-hydroxylation sites is 1. The summed E-state index contributed by atoms with van der Waals surface area (Å²) in [5, 5.41) is 9.59. The van der Waals surface area contributed by atoms with E-state index in [0.29, 0.717) is 19.4 Å². The van der Waals surface area contributed by atoms with E-state index in [0.717, 1.165) is 49.4 Å². The van der Waals surface area contributed by atoms with Crippen molar-refractivity contribution in [1.82, 2.24) is 10.6 Å². The molecule has 3 N–H and O–H groups in total. The van der Waals surface area contributed by atoms with E-state index in [4.69, 9.17) is 4.74 Å². The molecule has 1 aliphatic heterocycles. The van der Waals surface area contributed by atoms with Crippen LogP contribution in [0.15, 0.2) is 29.3 Å². The molecular weight excluding hydrogens is 380 g/mol. The van der Waals surface area contributed by atoms with Crippen molar-refractivity contribution in [2.45, 2.75) is 70.8 Å². The van der Waals surface area contributed by atoms with Gasteiger partial charge in [0.25, 0.3) is 0 Å². The predicted molar refractivity (Wildman–Crippen MR) is 121 cm³/mol. The summed E-state index contributed by atoms with van der Waals surface area (Å²) < 4.78 is 5.32. The second kappa shape index (κ2) is 11.6. The Morgan fingerprint density at radius 1 is 1.17 bits per heavy atom. The molecule has 1 aliphatic rings. The lowest BCUT2D eigenvalue weighted by molar-refractivity contribution is -0.154. The van der Waals surface area contributed by atoms with Crippen molar-refractivity contribution in [3.05, 3.63) is 29.8 Å². The Bertz CT molecular complexity index is 740. The number of benzene rings is 1. The molecule has 166 valence electrons. The molecule has 1 amide bonds. The minimum Gasteiger partial charge on any atom is -0.460 e. The van der Waals surface area contributed by atoms with E-state index in [2.05, 4.69) is 27.0 Å². The number of aliphatic imine (C=N–C) groups is 1. The first-order valence-electron chi connectivity index (χ1n) is 10.8. The number of anilines is 1. The Hall–Kier alpha value is -2.57. The number of fused-ring (bicyclic) bond motifs is 1. The van der Waals surface area contributed by atoms with E-state index in [1.807, 2.05) is 39.0 Å². The van der Waals surface area contributed by atoms with Crippen molar-refractivity contribution in [2.75, 3.05) is 25.5 Å². The van der Waals surface area contributed by atoms with Crippen LogP contribution in [0.3, 0.4) is 0 Å². The molecule has 7 heteroatoms. The summed E-state index contributed by atoms with van der Waals surface area (Å²) >= 11 is 0. The molecule has 1 heterocycles. The Balaban J connectivity index is 1.62. The number of amides is 1. The van der Waals surface area contributed by atoms with Crippen molar-refractivity contribution in [1.29, 1.82) is 0 Å². The normalized spacial score (nSPS) is 16.5. The van der Waals surface area contributed by atoms with E-state index in [9.17, 15) is 9.59 Å². The topological polar surface area (TPSA) is 91.8 Å². The van der Waals surface area contributed by atoms with Gasteiger partial charge < -0.3 is 20.7 Å². The van der Waals surface area contributed by atoms with E-state index >= 15 is 0 Å². The first-order chi connectivity index (χ1) is 14.3. The summed E-state index contributed by atoms with van der Waals surface area (Å²) in [6, 6.07) is 7.94. The number of hydrogen-bond acceptors (Lipinski definition) is 4. The van der Waals surface area contributed by atoms with Gasteiger partial charge in [0.15, 0.2) is 5.96 Å². The minimum atomic E-state index is -0.409. The molecule has 0 aliphatic carbocycles. The van der Waals surface area contributed by atoms with Crippen molar-refractivity contribution in [3.8, 4) is 0 Å². The highest BCUT2D eigenvalue weighted by molar-refractivity contribution is 5.94. The number of ether oxygens (including phenoxy) is 1. The average molecular weight is 417 g/mol. The van der Waals surface area contributed by atoms with Gasteiger partial charge in [-0.2, -0.15) is 0 Å². The van der Waals surface area contributed by atoms with Crippen LogP contribution < -0.4 is 16.0 Å². The minimum absolute atomic E-state index is 0.0508. The molecule has 1 atom stereocenters. The number of nitrogens with zero attached hydrogens (tertiary/aromatic N) is 1. The van der Waals surface area contributed by atoms with Gasteiger partial charge >= 0.3 is 5.97 Å². The predicted octanol–water partition coefficient (Wildman–Crippen LogP) is 3.57. The Morgan fingerprint density at radius 3 is 2.63 bits per heavy atom. The Kier molecular flexibility index (Phi) is 9.15. The van der Waals surface area contributed by atoms with E-state index in [-0.39, 0.29) is 17.8 Å². The third-order valence-electron chi connectivity index (χ3n) is 4.87. The van der Waals surface area contributed by atoms with Gasteiger partial charge in [-0.05, 0) is 45.2 Å². The number of nitrogens with one attached hydrogen (secondary N) is 3. The number of carbonyl (C=O) groups excluding carboxylic acids is 2. The number of hydrogen-bond donors (Lipinski definition) is 3. The summed E-state index contributed by atoms with van der Waals surface area (Å²) in [6.45, 7) is 7.13. The summed E-state index contributed by atoms with van der Waals surface area (Å²) in [5.74, 6) is 0.798. The SMILES string of the molecule is CN=C(NCCCCCCC(=O)OC(C)(C)C)NCC1CC(=O)Nc2ccccc21. The van der Waals surface area contributed by atoms with Gasteiger partial charge in [0.1, 0.15) is 5.60 Å². The molecule has 1 aromatic rings. The fraction of sp³-hybridized carbons (Fsp3) is 0.609. The maximum Gasteiger partial charge on any atom is 0.306 e. The summed E-state index contributed by atoms with van der Waals surface area (Å²) in [6.07, 6.45) is 4.85. The number of esters is 1. The molecule has 0 spiro atoms. The number of rotatable bonds is 9. The Morgan fingerprint density at radius 2 is 1.90 bits per heavy atom. The zero-order valence-corrected chi connectivity index (χ0v) is 18.7. The molecule has 0 saturated carbocycles. The van der Waals surface area contributed by atoms with Crippen molar-refractivity contribution >= 4 is 23.5 Å². The smallest absolute Gasteiger partial charge is 0.306 e. The van der Waals surface area contributed by atoms with Gasteiger partial charge in [-0.3, -0.25) is 14.6 Å². The summed E-state index contributed by atoms with van der Waals surface area (Å²) in [5.41, 5.74) is 1.65. The van der Waals surface area contributed by atoms with Crippen LogP contribution in [-0.2, 0) is 14.3 Å². The highest BCUT2D eigenvalue weighted by atomic mass is 16.6. The van der Waals surface area contributed by atoms with Crippen molar-refractivity contribution in [3.63, 3.8) is 0 Å². The van der Waals surface area contributed by atoms with Gasteiger partial charge in [0.2, 0.25) is 5.91 Å². The first kappa shape index (κ1) is 23.7. The van der Waals surface area contributed by atoms with Crippen LogP contribution in [0.1, 0.15) is 70.8 Å². The third kappa shape index (κ3) is 8.43. The second-order valence-electron chi connectivity index (χ2n) is 8.67. The van der Waals surface area contributed by atoms with Gasteiger partial charge in [-0.1, -0.05) is 31.0 Å². The van der Waals surface area contributed by atoms with Crippen LogP contribution in [-0.4, -0.2) is 43.6 Å². The molecule has 1 aromatic carbocycles. The third-order valence-corrected chi connectivity index (χ3v) is 4.87. The number of carbonyl (C=O) groups is 2. The maximum atomic E-state index is 11.9. The van der Waals surface area contributed by atoms with Crippen molar-refractivity contribution < 1.29 is 14.3 Å². The monoisotopic (exact) mass is 416 g/mol. The molecule has 0 saturated heterocycles. The van der Waals surface area contributed by atoms with Crippen molar-refractivity contribution in [2.24, 2.45) is 4.99 Å². The highest BCUT2D eigenvalue weighted by Gasteiger charge is 2.24. The standard InChI is InChI=1S/C23H36N4O3/c1-23(2,3)30-21(29)13-7-5-6-10-14-25-22(24-4)26-16-17-15-20(28)27-19-12-9-8-11-18(17)19/h8-9,11-12,17H,5-7,10,13-16H2,1-4H3,(H,27,28)(H2,24,25,26). The molecule has 1 unspecified atom stereocenters. The van der Waals surface area contributed by atoms with Gasteiger partial charge in [0, 0.05) is 44.6 Å². The van der Waals surface area contributed by atoms with E-state index in [1.54, 1.807) is 7.05 Å². The van der Waals surface area contributed by atoms with E-state index < -0.39 is 5.60 Å².